The first kappa shape index (κ1) is 21.5. The average molecular weight is 460 g/mol. The predicted molar refractivity (Wildman–Crippen MR) is 118 cm³/mol. The Hall–Kier alpha value is -2.30. The fourth-order valence-corrected chi connectivity index (χ4v) is 4.60. The Balaban J connectivity index is 1.41. The van der Waals surface area contributed by atoms with Gasteiger partial charge in [0, 0.05) is 6.04 Å². The number of nitrogens with one attached hydrogen (secondary N) is 1. The van der Waals surface area contributed by atoms with Crippen molar-refractivity contribution in [2.45, 2.75) is 63.6 Å². The van der Waals surface area contributed by atoms with Gasteiger partial charge in [-0.1, -0.05) is 30.3 Å². The van der Waals surface area contributed by atoms with Crippen molar-refractivity contribution in [1.29, 1.82) is 0 Å². The van der Waals surface area contributed by atoms with Crippen LogP contribution < -0.4 is 5.32 Å². The van der Waals surface area contributed by atoms with Gasteiger partial charge in [0.15, 0.2) is 11.4 Å². The van der Waals surface area contributed by atoms with Crippen LogP contribution in [0, 0.1) is 0 Å². The minimum absolute atomic E-state index is 0.0178. The molecule has 32 heavy (non-hydrogen) atoms. The van der Waals surface area contributed by atoms with Gasteiger partial charge in [0.25, 0.3) is 0 Å². The summed E-state index contributed by atoms with van der Waals surface area (Å²) in [6.07, 6.45) is 0.280. The van der Waals surface area contributed by atoms with Crippen molar-refractivity contribution in [3.8, 4) is 0 Å². The normalized spacial score (nSPS) is 27.5. The lowest BCUT2D eigenvalue weighted by atomic mass is 10.1. The highest BCUT2D eigenvalue weighted by atomic mass is 35.5. The van der Waals surface area contributed by atoms with Crippen LogP contribution in [0.3, 0.4) is 0 Å². The van der Waals surface area contributed by atoms with Gasteiger partial charge in [-0.2, -0.15) is 15.1 Å². The Morgan fingerprint density at radius 2 is 1.88 bits per heavy atom. The third kappa shape index (κ3) is 3.95. The van der Waals surface area contributed by atoms with Crippen molar-refractivity contribution >= 4 is 28.5 Å². The Morgan fingerprint density at radius 3 is 2.59 bits per heavy atom. The molecular weight excluding hydrogens is 434 g/mol. The van der Waals surface area contributed by atoms with Gasteiger partial charge in [0.2, 0.25) is 5.28 Å². The van der Waals surface area contributed by atoms with E-state index in [4.69, 9.17) is 25.8 Å². The number of nitrogens with zero attached hydrogens (tertiary/aromatic N) is 4. The van der Waals surface area contributed by atoms with E-state index in [9.17, 15) is 5.11 Å². The highest BCUT2D eigenvalue weighted by molar-refractivity contribution is 6.28. The molecule has 1 aromatic carbocycles. The van der Waals surface area contributed by atoms with Crippen LogP contribution in [0.2, 0.25) is 5.28 Å². The van der Waals surface area contributed by atoms with Gasteiger partial charge in [-0.3, -0.25) is 0 Å². The van der Waals surface area contributed by atoms with Crippen molar-refractivity contribution in [3.63, 3.8) is 0 Å². The quantitative estimate of drug-likeness (QED) is 0.542. The Bertz CT molecular complexity index is 1110. The van der Waals surface area contributed by atoms with Gasteiger partial charge in [-0.05, 0) is 37.9 Å². The molecule has 0 bridgehead atoms. The molecule has 0 amide bonds. The monoisotopic (exact) mass is 459 g/mol. The number of fused-ring (bicyclic) bond motifs is 2. The summed E-state index contributed by atoms with van der Waals surface area (Å²) >= 11 is 6.26. The second kappa shape index (κ2) is 8.24. The largest absolute Gasteiger partial charge is 0.394 e. The Kier molecular flexibility index (Phi) is 5.55. The zero-order valence-electron chi connectivity index (χ0n) is 18.1. The van der Waals surface area contributed by atoms with Gasteiger partial charge in [-0.15, -0.1) is 0 Å². The summed E-state index contributed by atoms with van der Waals surface area (Å²) in [6.45, 7) is 6.01. The molecule has 2 aromatic heterocycles. The standard InChI is InChI=1S/C22H26ClN5O4/c1-12(13-7-5-4-6-8-13)25-19-14-9-24-28(20(14)27-21(23)26-19)10-15-17-18(16(11-29)30-15)32-22(2,3)31-17/h4-9,12,15-18,29H,10-11H2,1-3H3,(H,25,26,27)/t12-,15+,16+,17-,18+/m0/s1. The van der Waals surface area contributed by atoms with Crippen LogP contribution in [0.4, 0.5) is 5.82 Å². The number of aromatic nitrogens is 4. The number of rotatable bonds is 6. The molecule has 5 atom stereocenters. The first-order valence-corrected chi connectivity index (χ1v) is 11.0. The topological polar surface area (TPSA) is 104 Å². The molecule has 10 heteroatoms. The molecule has 0 aliphatic carbocycles. The van der Waals surface area contributed by atoms with E-state index in [1.807, 2.05) is 32.0 Å². The zero-order valence-corrected chi connectivity index (χ0v) is 18.9. The molecule has 2 N–H and O–H groups in total. The summed E-state index contributed by atoms with van der Waals surface area (Å²) in [5.41, 5.74) is 1.72. The number of hydrogen-bond acceptors (Lipinski definition) is 8. The summed E-state index contributed by atoms with van der Waals surface area (Å²) in [6, 6.07) is 10.1. The van der Waals surface area contributed by atoms with Gasteiger partial charge in [0.1, 0.15) is 30.2 Å². The fourth-order valence-electron chi connectivity index (χ4n) is 4.44. The van der Waals surface area contributed by atoms with E-state index in [1.165, 1.54) is 0 Å². The van der Waals surface area contributed by atoms with Gasteiger partial charge in [0.05, 0.1) is 24.7 Å². The van der Waals surface area contributed by atoms with E-state index in [0.29, 0.717) is 18.0 Å². The third-order valence-electron chi connectivity index (χ3n) is 5.90. The van der Waals surface area contributed by atoms with E-state index < -0.39 is 11.9 Å². The maximum Gasteiger partial charge on any atom is 0.226 e. The van der Waals surface area contributed by atoms with Crippen LogP contribution in [0.25, 0.3) is 11.0 Å². The smallest absolute Gasteiger partial charge is 0.226 e. The Morgan fingerprint density at radius 1 is 1.16 bits per heavy atom. The van der Waals surface area contributed by atoms with E-state index in [0.717, 1.165) is 10.9 Å². The summed E-state index contributed by atoms with van der Waals surface area (Å²) in [4.78, 5) is 8.80. The number of benzene rings is 1. The second-order valence-corrected chi connectivity index (χ2v) is 8.98. The number of aliphatic hydroxyl groups is 1. The lowest BCUT2D eigenvalue weighted by Crippen LogP contribution is -2.33. The van der Waals surface area contributed by atoms with Crippen LogP contribution in [-0.2, 0) is 20.8 Å². The molecule has 170 valence electrons. The lowest BCUT2D eigenvalue weighted by Gasteiger charge is -2.23. The summed E-state index contributed by atoms with van der Waals surface area (Å²) in [7, 11) is 0. The minimum atomic E-state index is -0.729. The van der Waals surface area contributed by atoms with E-state index in [2.05, 4.69) is 39.4 Å². The predicted octanol–water partition coefficient (Wildman–Crippen LogP) is 2.93. The SMILES string of the molecule is C[C@H](Nc1nc(Cl)nc2c1cnn2C[C@H]1O[C@H](CO)[C@H]2OC(C)(C)O[C@H]21)c1ccccc1. The van der Waals surface area contributed by atoms with Crippen molar-refractivity contribution < 1.29 is 19.3 Å². The molecule has 0 unspecified atom stereocenters. The molecule has 2 aliphatic rings. The van der Waals surface area contributed by atoms with Crippen molar-refractivity contribution in [1.82, 2.24) is 19.7 Å². The van der Waals surface area contributed by atoms with E-state index >= 15 is 0 Å². The van der Waals surface area contributed by atoms with Crippen molar-refractivity contribution in [3.05, 3.63) is 47.4 Å². The van der Waals surface area contributed by atoms with Crippen molar-refractivity contribution in [2.75, 3.05) is 11.9 Å². The Labute approximate surface area is 190 Å². The molecule has 4 heterocycles. The molecule has 9 nitrogen and oxygen atoms in total. The average Bonchev–Trinajstić information content (AvgIpc) is 3.40. The minimum Gasteiger partial charge on any atom is -0.394 e. The number of halogens is 1. The van der Waals surface area contributed by atoms with Crippen LogP contribution in [-0.4, -0.2) is 61.7 Å². The number of aliphatic hydroxyl groups excluding tert-OH is 1. The van der Waals surface area contributed by atoms with E-state index in [1.54, 1.807) is 10.9 Å². The highest BCUT2D eigenvalue weighted by Gasteiger charge is 2.55. The summed E-state index contributed by atoms with van der Waals surface area (Å²) in [5, 5.41) is 18.5. The molecule has 0 saturated carbocycles. The number of hydrogen-bond donors (Lipinski definition) is 2. The highest BCUT2D eigenvalue weighted by Crippen LogP contribution is 2.39. The lowest BCUT2D eigenvalue weighted by molar-refractivity contribution is -0.191. The van der Waals surface area contributed by atoms with Gasteiger partial charge in [-0.25, -0.2) is 4.68 Å². The molecule has 0 spiro atoms. The third-order valence-corrected chi connectivity index (χ3v) is 6.07. The van der Waals surface area contributed by atoms with Crippen LogP contribution >= 0.6 is 11.6 Å². The molecule has 0 radical (unpaired) electrons. The van der Waals surface area contributed by atoms with Crippen LogP contribution in [0.15, 0.2) is 36.5 Å². The maximum absolute atomic E-state index is 9.72. The summed E-state index contributed by atoms with van der Waals surface area (Å²) in [5.74, 6) is -0.116. The van der Waals surface area contributed by atoms with E-state index in [-0.39, 0.29) is 36.2 Å². The van der Waals surface area contributed by atoms with Gasteiger partial charge < -0.3 is 24.6 Å². The molecule has 2 saturated heterocycles. The van der Waals surface area contributed by atoms with Crippen LogP contribution in [0.1, 0.15) is 32.4 Å². The van der Waals surface area contributed by atoms with Crippen LogP contribution in [0.5, 0.6) is 0 Å². The molecule has 5 rings (SSSR count). The second-order valence-electron chi connectivity index (χ2n) is 8.64. The first-order valence-electron chi connectivity index (χ1n) is 10.7. The molecular formula is C22H26ClN5O4. The number of anilines is 1. The maximum atomic E-state index is 9.72. The zero-order chi connectivity index (χ0) is 22.5. The number of ether oxygens (including phenoxy) is 3. The van der Waals surface area contributed by atoms with Gasteiger partial charge >= 0.3 is 0 Å². The first-order chi connectivity index (χ1) is 15.3. The molecule has 2 fully saturated rings. The fraction of sp³-hybridized carbons (Fsp3) is 0.500. The van der Waals surface area contributed by atoms with Crippen molar-refractivity contribution in [2.24, 2.45) is 0 Å². The molecule has 2 aliphatic heterocycles. The molecule has 3 aromatic rings. The summed E-state index contributed by atoms with van der Waals surface area (Å²) < 4.78 is 19.8.